The monoisotopic (exact) mass is 1160 g/mol. The third-order valence-corrected chi connectivity index (χ3v) is 21.9. The van der Waals surface area contributed by atoms with E-state index in [1.54, 1.807) is 103 Å². The summed E-state index contributed by atoms with van der Waals surface area (Å²) in [5.41, 5.74) is -11.9. The molecule has 440 valence electrons. The van der Waals surface area contributed by atoms with E-state index >= 15 is 0 Å². The molecule has 0 spiro atoms. The number of carbonyl (C=O) groups excluding carboxylic acids is 6. The summed E-state index contributed by atoms with van der Waals surface area (Å²) in [6, 6.07) is 16.3. The zero-order valence-electron chi connectivity index (χ0n) is 47.3. The third-order valence-electron chi connectivity index (χ3n) is 20.4. The second kappa shape index (κ2) is 20.8. The molecule has 8 aliphatic rings. The summed E-state index contributed by atoms with van der Waals surface area (Å²) in [6.45, 7) is 15.0. The molecule has 0 aromatic heterocycles. The van der Waals surface area contributed by atoms with Gasteiger partial charge in [0.15, 0.2) is 22.8 Å². The van der Waals surface area contributed by atoms with Gasteiger partial charge in [-0.25, -0.2) is 9.59 Å². The minimum atomic E-state index is -2.07. The number of hydrogen-bond acceptors (Lipinski definition) is 21. The summed E-state index contributed by atoms with van der Waals surface area (Å²) in [5, 5.41) is 82.7. The van der Waals surface area contributed by atoms with Gasteiger partial charge in [0.25, 0.3) is 0 Å². The van der Waals surface area contributed by atoms with Crippen LogP contribution in [0, 0.1) is 39.4 Å². The molecule has 2 aliphatic heterocycles. The Kier molecular flexibility index (Phi) is 15.6. The van der Waals surface area contributed by atoms with Crippen LogP contribution in [-0.2, 0) is 47.6 Å². The van der Waals surface area contributed by atoms with Crippen LogP contribution in [0.15, 0.2) is 83.0 Å². The largest absolute Gasteiger partial charge is 0.455 e. The number of hydrogen-bond donors (Lipinski definition) is 7. The van der Waals surface area contributed by atoms with Gasteiger partial charge in [-0.2, -0.15) is 0 Å². The van der Waals surface area contributed by atoms with Gasteiger partial charge in [0, 0.05) is 55.3 Å². The molecule has 19 nitrogen and oxygen atoms in total. The highest BCUT2D eigenvalue weighted by Crippen LogP contribution is 2.67. The van der Waals surface area contributed by atoms with Crippen LogP contribution in [0.2, 0.25) is 0 Å². The molecule has 6 aliphatic carbocycles. The molecule has 0 amide bonds. The molecule has 6 fully saturated rings. The van der Waals surface area contributed by atoms with Crippen LogP contribution in [0.5, 0.6) is 0 Å². The minimum Gasteiger partial charge on any atom is -0.455 e. The molecule has 0 radical (unpaired) electrons. The highest BCUT2D eigenvalue weighted by molar-refractivity contribution is 8.22. The number of ether oxygens (including phenoxy) is 6. The number of aliphatic hydroxyl groups is 7. The van der Waals surface area contributed by atoms with E-state index < -0.39 is 152 Å². The number of esters is 4. The normalized spacial score (nSPS) is 41.6. The van der Waals surface area contributed by atoms with Gasteiger partial charge < -0.3 is 64.2 Å². The molecule has 18 atom stereocenters. The zero-order chi connectivity index (χ0) is 59.7. The predicted octanol–water partition coefficient (Wildman–Crippen LogP) is 4.11. The van der Waals surface area contributed by atoms with Gasteiger partial charge >= 0.3 is 23.9 Å². The Hall–Kier alpha value is -4.78. The van der Waals surface area contributed by atoms with E-state index in [0.717, 1.165) is 0 Å². The standard InChI is InChI=1S/C31H38O9S2.C29H36O10/c1-15-19(33)13-31(37)25(39-26(36)17-10-8-7-9-11-17)23-29(5,24(35)22(34)21(15)28(31,3)4)18(27(41)42-6)12-20-30(23,14-38-20)40-16(2)32;1-14-17(31)12-29(36)24(38-25(35)16-9-7-6-8-10-16)22-27(5,23(34)21(33)20(14)26(29,3)4)18(32)11-19-28(22,13-37-19)39-15(2)30/h7-11,18-20,22-23,25,33-34,37H,12-14H2,1-6H3;6-10,17-19,21-22,24,31-33,36H,11-13H2,1-5H3/t18-,19?,20?,22?,23?,25?,29-,30?,31?;17?,18?,19?,21?,22?,24?,27-,28?,29?/m11/s1. The lowest BCUT2D eigenvalue weighted by Crippen LogP contribution is -2.81. The van der Waals surface area contributed by atoms with Crippen LogP contribution in [0.1, 0.15) is 116 Å². The first-order chi connectivity index (χ1) is 37.7. The van der Waals surface area contributed by atoms with Crippen molar-refractivity contribution in [2.75, 3.05) is 19.5 Å². The van der Waals surface area contributed by atoms with Crippen molar-refractivity contribution in [1.82, 2.24) is 0 Å². The third kappa shape index (κ3) is 8.71. The van der Waals surface area contributed by atoms with Crippen molar-refractivity contribution >= 4 is 63.6 Å². The number of aliphatic hydroxyl groups excluding tert-OH is 5. The number of fused-ring (bicyclic) bond motifs is 10. The Balaban J connectivity index is 0.000000196. The smallest absolute Gasteiger partial charge is 0.338 e. The number of carbonyl (C=O) groups is 6. The quantitative estimate of drug-likeness (QED) is 0.0888. The fraction of sp³-hybridized carbons (Fsp3) is 0.617. The molecule has 2 heterocycles. The fourth-order valence-corrected chi connectivity index (χ4v) is 16.8. The van der Waals surface area contributed by atoms with Crippen LogP contribution >= 0.6 is 24.0 Å². The lowest BCUT2D eigenvalue weighted by atomic mass is 9.43. The lowest BCUT2D eigenvalue weighted by Gasteiger charge is -2.68. The summed E-state index contributed by atoms with van der Waals surface area (Å²) in [5.74, 6) is -7.46. The van der Waals surface area contributed by atoms with Gasteiger partial charge in [-0.05, 0) is 80.0 Å². The number of thiocarbonyl (C=S) groups is 1. The topological polar surface area (TPSA) is 299 Å². The highest BCUT2D eigenvalue weighted by atomic mass is 32.2. The van der Waals surface area contributed by atoms with Gasteiger partial charge in [-0.3, -0.25) is 19.2 Å². The second-order valence-corrected chi connectivity index (χ2v) is 26.5. The van der Waals surface area contributed by atoms with Crippen molar-refractivity contribution in [3.05, 3.63) is 94.1 Å². The average molecular weight is 1160 g/mol. The highest BCUT2D eigenvalue weighted by Gasteiger charge is 2.80. The molecule has 4 bridgehead atoms. The maximum atomic E-state index is 14.8. The van der Waals surface area contributed by atoms with Gasteiger partial charge in [0.1, 0.15) is 47.8 Å². The maximum absolute atomic E-state index is 14.8. The molecule has 21 heteroatoms. The molecule has 2 aromatic carbocycles. The molecule has 7 N–H and O–H groups in total. The van der Waals surface area contributed by atoms with E-state index in [1.807, 2.05) is 0 Å². The van der Waals surface area contributed by atoms with Gasteiger partial charge in [0.05, 0.1) is 64.1 Å². The van der Waals surface area contributed by atoms with Crippen molar-refractivity contribution in [3.8, 4) is 0 Å². The SMILES string of the molecule is CC(=O)OC12COC1CC(O)[C@@]1(C)C(=O)C(O)C3=C(C)C(O)CC(O)(C(OC(=O)c4ccccc4)C21)C3(C)C.CSC(=S)[C@H]1CC2OCC2(OC(C)=O)C2C(OC(=O)c3ccccc3)C3(O)CC(O)C(C)=C(C(O)C(=O)[C@@]21C)C3(C)C. The van der Waals surface area contributed by atoms with Crippen LogP contribution in [-0.4, -0.2) is 172 Å². The Bertz CT molecular complexity index is 3000. The molecule has 10 rings (SSSR count). The first-order valence-electron chi connectivity index (χ1n) is 27.3. The van der Waals surface area contributed by atoms with E-state index in [1.165, 1.54) is 44.7 Å². The minimum absolute atomic E-state index is 0.0828. The number of thioether (sulfide) groups is 1. The van der Waals surface area contributed by atoms with Crippen LogP contribution < -0.4 is 0 Å². The first kappa shape index (κ1) is 60.8. The molecular formula is C60H74O19S2. The Labute approximate surface area is 479 Å². The summed E-state index contributed by atoms with van der Waals surface area (Å²) in [4.78, 5) is 81.5. The van der Waals surface area contributed by atoms with E-state index in [0.29, 0.717) is 15.3 Å². The van der Waals surface area contributed by atoms with Gasteiger partial charge in [0.2, 0.25) is 0 Å². The summed E-state index contributed by atoms with van der Waals surface area (Å²) < 4.78 is 36.5. The lowest BCUT2D eigenvalue weighted by molar-refractivity contribution is -0.345. The van der Waals surface area contributed by atoms with Crippen LogP contribution in [0.25, 0.3) is 0 Å². The second-order valence-electron chi connectivity index (χ2n) is 24.9. The number of benzene rings is 2. The van der Waals surface area contributed by atoms with Gasteiger partial charge in [-0.1, -0.05) is 83.2 Å². The molecule has 2 saturated heterocycles. The summed E-state index contributed by atoms with van der Waals surface area (Å²) in [7, 11) is 0. The number of rotatable bonds is 7. The maximum Gasteiger partial charge on any atom is 0.338 e. The zero-order valence-corrected chi connectivity index (χ0v) is 48.9. The van der Waals surface area contributed by atoms with Crippen molar-refractivity contribution in [2.24, 2.45) is 39.4 Å². The van der Waals surface area contributed by atoms with E-state index in [9.17, 15) is 64.5 Å². The van der Waals surface area contributed by atoms with Crippen molar-refractivity contribution in [2.45, 2.75) is 172 Å². The Morgan fingerprint density at radius 3 is 1.33 bits per heavy atom. The van der Waals surface area contributed by atoms with Crippen molar-refractivity contribution in [1.29, 1.82) is 0 Å². The Morgan fingerprint density at radius 1 is 0.605 bits per heavy atom. The fourth-order valence-electron chi connectivity index (χ4n) is 15.8. The van der Waals surface area contributed by atoms with E-state index in [4.69, 9.17) is 40.6 Å². The van der Waals surface area contributed by atoms with E-state index in [2.05, 4.69) is 0 Å². The summed E-state index contributed by atoms with van der Waals surface area (Å²) >= 11 is 7.07. The number of Topliss-reactive ketones (excluding diaryl/α,β-unsaturated/α-hetero) is 2. The number of ketones is 2. The average Bonchev–Trinajstić information content (AvgIpc) is 3.19. The molecule has 4 saturated carbocycles. The summed E-state index contributed by atoms with van der Waals surface area (Å²) in [6.07, 6.45) is -10.7. The molecule has 2 aromatic rings. The molecular weight excluding hydrogens is 1090 g/mol. The van der Waals surface area contributed by atoms with Gasteiger partial charge in [-0.15, -0.1) is 11.8 Å². The molecule has 81 heavy (non-hydrogen) atoms. The van der Waals surface area contributed by atoms with Crippen molar-refractivity contribution < 1.29 is 92.9 Å². The van der Waals surface area contributed by atoms with E-state index in [-0.39, 0.29) is 61.2 Å². The first-order valence-corrected chi connectivity index (χ1v) is 28.9. The van der Waals surface area contributed by atoms with Crippen LogP contribution in [0.3, 0.4) is 0 Å². The van der Waals surface area contributed by atoms with Crippen molar-refractivity contribution in [3.63, 3.8) is 0 Å². The molecule has 15 unspecified atom stereocenters. The predicted molar refractivity (Wildman–Crippen MR) is 294 cm³/mol. The Morgan fingerprint density at radius 2 is 0.975 bits per heavy atom. The van der Waals surface area contributed by atoms with Crippen LogP contribution in [0.4, 0.5) is 0 Å².